The van der Waals surface area contributed by atoms with Crippen LogP contribution in [-0.2, 0) is 9.53 Å². The zero-order chi connectivity index (χ0) is 15.7. The van der Waals surface area contributed by atoms with Crippen molar-refractivity contribution in [2.75, 3.05) is 7.11 Å². The van der Waals surface area contributed by atoms with Crippen molar-refractivity contribution in [3.05, 3.63) is 58.8 Å². The predicted octanol–water partition coefficient (Wildman–Crippen LogP) is 2.98. The number of rotatable bonds is 3. The minimum atomic E-state index is -0.552. The van der Waals surface area contributed by atoms with E-state index < -0.39 is 6.04 Å². The number of carbonyl (C=O) groups is 2. The minimum absolute atomic E-state index is 0.0572. The van der Waals surface area contributed by atoms with Crippen LogP contribution in [0.3, 0.4) is 0 Å². The standard InChI is InChI=1S/C17H16ClNO3/c1-22-17(21)15-8-4-5-11-9-10-14(19(11)15)16(20)12-6-2-3-7-13(12)18/h2-8,14-15H,9-10H2,1H3. The normalized spacial score (nSPS) is 23.0. The van der Waals surface area contributed by atoms with Gasteiger partial charge in [0.1, 0.15) is 6.04 Å². The quantitative estimate of drug-likeness (QED) is 0.635. The van der Waals surface area contributed by atoms with Gasteiger partial charge in [0.15, 0.2) is 5.78 Å². The fourth-order valence-electron chi connectivity index (χ4n) is 3.07. The van der Waals surface area contributed by atoms with Crippen LogP contribution in [0.4, 0.5) is 0 Å². The second kappa shape index (κ2) is 5.97. The molecule has 2 unspecified atom stereocenters. The van der Waals surface area contributed by atoms with Gasteiger partial charge in [-0.05, 0) is 31.1 Å². The van der Waals surface area contributed by atoms with E-state index in [0.717, 1.165) is 12.1 Å². The molecule has 2 atom stereocenters. The molecule has 0 saturated carbocycles. The van der Waals surface area contributed by atoms with Crippen LogP contribution in [0.1, 0.15) is 23.2 Å². The van der Waals surface area contributed by atoms with Gasteiger partial charge in [-0.3, -0.25) is 4.79 Å². The van der Waals surface area contributed by atoms with Crippen LogP contribution < -0.4 is 0 Å². The Labute approximate surface area is 134 Å². The lowest BCUT2D eigenvalue weighted by atomic mass is 10.0. The topological polar surface area (TPSA) is 46.6 Å². The summed E-state index contributed by atoms with van der Waals surface area (Å²) in [4.78, 5) is 26.7. The van der Waals surface area contributed by atoms with E-state index in [1.54, 1.807) is 30.3 Å². The van der Waals surface area contributed by atoms with Crippen LogP contribution in [0.15, 0.2) is 48.2 Å². The molecule has 0 bridgehead atoms. The van der Waals surface area contributed by atoms with Crippen LogP contribution in [-0.4, -0.2) is 35.8 Å². The summed E-state index contributed by atoms with van der Waals surface area (Å²) in [5, 5.41) is 0.437. The maximum Gasteiger partial charge on any atom is 0.332 e. The molecule has 0 N–H and O–H groups in total. The van der Waals surface area contributed by atoms with Crippen molar-refractivity contribution in [2.24, 2.45) is 0 Å². The van der Waals surface area contributed by atoms with E-state index in [-0.39, 0.29) is 17.8 Å². The van der Waals surface area contributed by atoms with Crippen LogP contribution in [0.2, 0.25) is 5.02 Å². The summed E-state index contributed by atoms with van der Waals surface area (Å²) in [5.74, 6) is -0.418. The molecule has 2 heterocycles. The Kier molecular flexibility index (Phi) is 4.03. The highest BCUT2D eigenvalue weighted by Crippen LogP contribution is 2.35. The van der Waals surface area contributed by atoms with E-state index in [1.807, 2.05) is 17.1 Å². The summed E-state index contributed by atoms with van der Waals surface area (Å²) >= 11 is 6.14. The lowest BCUT2D eigenvalue weighted by Crippen LogP contribution is -2.46. The highest BCUT2D eigenvalue weighted by Gasteiger charge is 2.41. The van der Waals surface area contributed by atoms with Gasteiger partial charge in [-0.2, -0.15) is 0 Å². The van der Waals surface area contributed by atoms with Gasteiger partial charge in [0.05, 0.1) is 18.2 Å². The number of carbonyl (C=O) groups excluding carboxylic acids is 2. The van der Waals surface area contributed by atoms with Crippen molar-refractivity contribution in [3.63, 3.8) is 0 Å². The van der Waals surface area contributed by atoms with Crippen molar-refractivity contribution < 1.29 is 14.3 Å². The van der Waals surface area contributed by atoms with Crippen LogP contribution in [0, 0.1) is 0 Å². The molecule has 4 nitrogen and oxygen atoms in total. The monoisotopic (exact) mass is 317 g/mol. The number of benzene rings is 1. The smallest absolute Gasteiger partial charge is 0.332 e. The van der Waals surface area contributed by atoms with Crippen LogP contribution >= 0.6 is 11.6 Å². The van der Waals surface area contributed by atoms with E-state index in [9.17, 15) is 9.59 Å². The Balaban J connectivity index is 1.93. The average molecular weight is 318 g/mol. The average Bonchev–Trinajstić information content (AvgIpc) is 2.98. The van der Waals surface area contributed by atoms with Gasteiger partial charge in [-0.15, -0.1) is 0 Å². The lowest BCUT2D eigenvalue weighted by molar-refractivity contribution is -0.144. The van der Waals surface area contributed by atoms with Gasteiger partial charge in [-0.25, -0.2) is 4.79 Å². The minimum Gasteiger partial charge on any atom is -0.467 e. The van der Waals surface area contributed by atoms with E-state index in [2.05, 4.69) is 0 Å². The first-order valence-electron chi connectivity index (χ1n) is 7.15. The molecule has 0 aliphatic carbocycles. The van der Waals surface area contributed by atoms with Gasteiger partial charge in [0, 0.05) is 11.3 Å². The van der Waals surface area contributed by atoms with Gasteiger partial charge in [0.25, 0.3) is 0 Å². The van der Waals surface area contributed by atoms with E-state index >= 15 is 0 Å². The first kappa shape index (κ1) is 14.9. The zero-order valence-corrected chi connectivity index (χ0v) is 12.9. The largest absolute Gasteiger partial charge is 0.467 e. The molecule has 2 aliphatic rings. The number of nitrogens with zero attached hydrogens (tertiary/aromatic N) is 1. The molecule has 0 radical (unpaired) electrons. The Hall–Kier alpha value is -2.07. The first-order valence-corrected chi connectivity index (χ1v) is 7.53. The highest BCUT2D eigenvalue weighted by molar-refractivity contribution is 6.34. The summed E-state index contributed by atoms with van der Waals surface area (Å²) in [5.41, 5.74) is 1.48. The SMILES string of the molecule is COC(=O)C1C=CC=C2CCC(C(=O)c3ccccc3Cl)N21. The number of halogens is 1. The van der Waals surface area contributed by atoms with Gasteiger partial charge in [0.2, 0.25) is 0 Å². The van der Waals surface area contributed by atoms with Crippen molar-refractivity contribution in [1.82, 2.24) is 4.90 Å². The van der Waals surface area contributed by atoms with Crippen LogP contribution in [0.25, 0.3) is 0 Å². The number of Topliss-reactive ketones (excluding diaryl/α,β-unsaturated/α-hetero) is 1. The number of ketones is 1. The molecule has 1 saturated heterocycles. The molecular formula is C17H16ClNO3. The second-order valence-electron chi connectivity index (χ2n) is 5.32. The number of hydrogen-bond donors (Lipinski definition) is 0. The van der Waals surface area contributed by atoms with E-state index in [4.69, 9.17) is 16.3 Å². The van der Waals surface area contributed by atoms with Crippen LogP contribution in [0.5, 0.6) is 0 Å². The summed E-state index contributed by atoms with van der Waals surface area (Å²) in [6.07, 6.45) is 6.98. The van der Waals surface area contributed by atoms with Crippen molar-refractivity contribution in [2.45, 2.75) is 24.9 Å². The zero-order valence-electron chi connectivity index (χ0n) is 12.2. The fourth-order valence-corrected chi connectivity index (χ4v) is 3.30. The lowest BCUT2D eigenvalue weighted by Gasteiger charge is -2.33. The summed E-state index contributed by atoms with van der Waals surface area (Å²) in [6, 6.07) is 6.07. The number of methoxy groups -OCH3 is 1. The number of allylic oxidation sites excluding steroid dienone is 3. The molecule has 0 spiro atoms. The van der Waals surface area contributed by atoms with Gasteiger partial charge >= 0.3 is 5.97 Å². The third-order valence-corrected chi connectivity index (χ3v) is 4.44. The molecule has 0 amide bonds. The predicted molar refractivity (Wildman–Crippen MR) is 83.7 cm³/mol. The number of esters is 1. The maximum absolute atomic E-state index is 12.8. The summed E-state index contributed by atoms with van der Waals surface area (Å²) < 4.78 is 4.86. The number of hydrogen-bond acceptors (Lipinski definition) is 4. The molecule has 2 aliphatic heterocycles. The number of ether oxygens (including phenoxy) is 1. The Morgan fingerprint density at radius 2 is 2.09 bits per heavy atom. The highest BCUT2D eigenvalue weighted by atomic mass is 35.5. The third kappa shape index (κ3) is 2.44. The second-order valence-corrected chi connectivity index (χ2v) is 5.72. The van der Waals surface area contributed by atoms with Gasteiger partial charge < -0.3 is 9.64 Å². The Morgan fingerprint density at radius 1 is 1.32 bits per heavy atom. The molecule has 1 aromatic rings. The molecular weight excluding hydrogens is 302 g/mol. The molecule has 114 valence electrons. The summed E-state index contributed by atoms with van der Waals surface area (Å²) in [7, 11) is 1.36. The molecule has 3 rings (SSSR count). The van der Waals surface area contributed by atoms with Crippen molar-refractivity contribution in [1.29, 1.82) is 0 Å². The summed E-state index contributed by atoms with van der Waals surface area (Å²) in [6.45, 7) is 0. The van der Waals surface area contributed by atoms with E-state index in [1.165, 1.54) is 7.11 Å². The molecule has 0 aromatic heterocycles. The van der Waals surface area contributed by atoms with Gasteiger partial charge in [-0.1, -0.05) is 35.9 Å². The number of fused-ring (bicyclic) bond motifs is 1. The fraction of sp³-hybridized carbons (Fsp3) is 0.294. The molecule has 22 heavy (non-hydrogen) atoms. The molecule has 1 fully saturated rings. The Bertz CT molecular complexity index is 680. The van der Waals surface area contributed by atoms with Crippen molar-refractivity contribution >= 4 is 23.4 Å². The molecule has 5 heteroatoms. The van der Waals surface area contributed by atoms with Crippen molar-refractivity contribution in [3.8, 4) is 0 Å². The first-order chi connectivity index (χ1) is 10.6. The Morgan fingerprint density at radius 3 is 2.82 bits per heavy atom. The molecule has 1 aromatic carbocycles. The third-order valence-electron chi connectivity index (χ3n) is 4.11. The van der Waals surface area contributed by atoms with E-state index in [0.29, 0.717) is 17.0 Å². The maximum atomic E-state index is 12.8.